The van der Waals surface area contributed by atoms with Gasteiger partial charge >= 0.3 is 0 Å². The number of methoxy groups -OCH3 is 1. The molecule has 1 aliphatic rings. The third-order valence-corrected chi connectivity index (χ3v) is 4.27. The lowest BCUT2D eigenvalue weighted by Crippen LogP contribution is -2.27. The van der Waals surface area contributed by atoms with E-state index in [4.69, 9.17) is 9.47 Å². The Morgan fingerprint density at radius 1 is 1.14 bits per heavy atom. The molecule has 0 saturated carbocycles. The SMILES string of the molecule is CCc1cccc2c1OCCC2NCc1ccccc1OC. The van der Waals surface area contributed by atoms with Gasteiger partial charge in [0, 0.05) is 30.1 Å². The summed E-state index contributed by atoms with van der Waals surface area (Å²) in [5.74, 6) is 2.01. The van der Waals surface area contributed by atoms with E-state index < -0.39 is 0 Å². The average Bonchev–Trinajstić information content (AvgIpc) is 2.59. The van der Waals surface area contributed by atoms with Crippen LogP contribution in [0.25, 0.3) is 0 Å². The van der Waals surface area contributed by atoms with Gasteiger partial charge in [0.1, 0.15) is 11.5 Å². The van der Waals surface area contributed by atoms with Crippen LogP contribution in [0.1, 0.15) is 36.1 Å². The Balaban J connectivity index is 1.78. The Hall–Kier alpha value is -2.00. The Bertz CT molecular complexity index is 639. The third-order valence-electron chi connectivity index (χ3n) is 4.27. The van der Waals surface area contributed by atoms with Crippen molar-refractivity contribution in [2.24, 2.45) is 0 Å². The highest BCUT2D eigenvalue weighted by atomic mass is 16.5. The van der Waals surface area contributed by atoms with Crippen molar-refractivity contribution in [2.75, 3.05) is 13.7 Å². The van der Waals surface area contributed by atoms with Gasteiger partial charge in [-0.15, -0.1) is 0 Å². The number of rotatable bonds is 5. The lowest BCUT2D eigenvalue weighted by molar-refractivity contribution is 0.249. The molecule has 0 fully saturated rings. The summed E-state index contributed by atoms with van der Waals surface area (Å²) in [6.45, 7) is 3.74. The van der Waals surface area contributed by atoms with E-state index in [0.717, 1.165) is 37.5 Å². The van der Waals surface area contributed by atoms with Crippen molar-refractivity contribution < 1.29 is 9.47 Å². The van der Waals surface area contributed by atoms with Crippen molar-refractivity contribution in [3.8, 4) is 11.5 Å². The zero-order valence-electron chi connectivity index (χ0n) is 13.3. The van der Waals surface area contributed by atoms with Crippen LogP contribution in [0.15, 0.2) is 42.5 Å². The summed E-state index contributed by atoms with van der Waals surface area (Å²) in [5.41, 5.74) is 3.76. The monoisotopic (exact) mass is 297 g/mol. The van der Waals surface area contributed by atoms with Gasteiger partial charge in [-0.25, -0.2) is 0 Å². The van der Waals surface area contributed by atoms with E-state index in [-0.39, 0.29) is 0 Å². The van der Waals surface area contributed by atoms with Crippen LogP contribution < -0.4 is 14.8 Å². The van der Waals surface area contributed by atoms with Gasteiger partial charge in [0.2, 0.25) is 0 Å². The first-order chi connectivity index (χ1) is 10.8. The quantitative estimate of drug-likeness (QED) is 0.908. The Kier molecular flexibility index (Phi) is 4.64. The number of fused-ring (bicyclic) bond motifs is 1. The summed E-state index contributed by atoms with van der Waals surface area (Å²) in [7, 11) is 1.72. The van der Waals surface area contributed by atoms with Crippen LogP contribution in [0.3, 0.4) is 0 Å². The van der Waals surface area contributed by atoms with Gasteiger partial charge in [-0.05, 0) is 18.1 Å². The molecule has 0 spiro atoms. The van der Waals surface area contributed by atoms with Gasteiger partial charge in [-0.1, -0.05) is 43.3 Å². The molecule has 1 aliphatic heterocycles. The number of aryl methyl sites for hydroxylation is 1. The standard InChI is InChI=1S/C19H23NO2/c1-3-14-8-6-9-16-17(11-12-22-19(14)16)20-13-15-7-4-5-10-18(15)21-2/h4-10,17,20H,3,11-13H2,1-2H3. The van der Waals surface area contributed by atoms with Gasteiger partial charge < -0.3 is 14.8 Å². The summed E-state index contributed by atoms with van der Waals surface area (Å²) in [6.07, 6.45) is 2.00. The zero-order valence-corrected chi connectivity index (χ0v) is 13.3. The molecule has 2 aromatic carbocycles. The molecule has 1 unspecified atom stereocenters. The maximum absolute atomic E-state index is 5.91. The summed E-state index contributed by atoms with van der Waals surface area (Å²) < 4.78 is 11.3. The molecule has 1 atom stereocenters. The number of ether oxygens (including phenoxy) is 2. The van der Waals surface area contributed by atoms with E-state index in [1.807, 2.05) is 18.2 Å². The number of hydrogen-bond acceptors (Lipinski definition) is 3. The maximum Gasteiger partial charge on any atom is 0.127 e. The Morgan fingerprint density at radius 2 is 1.95 bits per heavy atom. The van der Waals surface area contributed by atoms with Crippen LogP contribution in [0, 0.1) is 0 Å². The second kappa shape index (κ2) is 6.84. The number of benzene rings is 2. The van der Waals surface area contributed by atoms with E-state index in [2.05, 4.69) is 36.5 Å². The smallest absolute Gasteiger partial charge is 0.127 e. The summed E-state index contributed by atoms with van der Waals surface area (Å²) in [5, 5.41) is 3.66. The van der Waals surface area contributed by atoms with Crippen LogP contribution in [0.4, 0.5) is 0 Å². The molecule has 1 N–H and O–H groups in total. The topological polar surface area (TPSA) is 30.5 Å². The van der Waals surface area contributed by atoms with Gasteiger partial charge in [0.15, 0.2) is 0 Å². The third kappa shape index (κ3) is 2.95. The first kappa shape index (κ1) is 14.9. The van der Waals surface area contributed by atoms with Crippen LogP contribution in [-0.2, 0) is 13.0 Å². The second-order valence-corrected chi connectivity index (χ2v) is 5.57. The van der Waals surface area contributed by atoms with Crippen molar-refractivity contribution in [2.45, 2.75) is 32.4 Å². The molecule has 3 rings (SSSR count). The van der Waals surface area contributed by atoms with Crippen LogP contribution in [0.2, 0.25) is 0 Å². The van der Waals surface area contributed by atoms with Crippen molar-refractivity contribution in [1.82, 2.24) is 5.32 Å². The van der Waals surface area contributed by atoms with E-state index in [9.17, 15) is 0 Å². The molecule has 0 radical (unpaired) electrons. The van der Waals surface area contributed by atoms with E-state index in [1.165, 1.54) is 16.7 Å². The molecule has 116 valence electrons. The molecular formula is C19H23NO2. The molecule has 0 bridgehead atoms. The van der Waals surface area contributed by atoms with Gasteiger partial charge in [-0.3, -0.25) is 0 Å². The van der Waals surface area contributed by atoms with Crippen LogP contribution >= 0.6 is 0 Å². The fourth-order valence-electron chi connectivity index (χ4n) is 3.06. The number of hydrogen-bond donors (Lipinski definition) is 1. The zero-order chi connectivity index (χ0) is 15.4. The average molecular weight is 297 g/mol. The molecule has 3 nitrogen and oxygen atoms in total. The normalized spacial score (nSPS) is 16.7. The lowest BCUT2D eigenvalue weighted by Gasteiger charge is -2.28. The van der Waals surface area contributed by atoms with Crippen LogP contribution in [0.5, 0.6) is 11.5 Å². The highest BCUT2D eigenvalue weighted by molar-refractivity contribution is 5.44. The minimum atomic E-state index is 0.333. The molecule has 22 heavy (non-hydrogen) atoms. The number of para-hydroxylation sites is 2. The fourth-order valence-corrected chi connectivity index (χ4v) is 3.06. The lowest BCUT2D eigenvalue weighted by atomic mass is 9.96. The van der Waals surface area contributed by atoms with Gasteiger partial charge in [0.05, 0.1) is 13.7 Å². The first-order valence-electron chi connectivity index (χ1n) is 7.93. The van der Waals surface area contributed by atoms with Crippen molar-refractivity contribution in [1.29, 1.82) is 0 Å². The molecule has 0 aliphatic carbocycles. The second-order valence-electron chi connectivity index (χ2n) is 5.57. The Labute approximate surface area is 132 Å². The molecule has 0 aromatic heterocycles. The van der Waals surface area contributed by atoms with E-state index in [0.29, 0.717) is 6.04 Å². The maximum atomic E-state index is 5.91. The Morgan fingerprint density at radius 3 is 2.77 bits per heavy atom. The summed E-state index contributed by atoms with van der Waals surface area (Å²) in [4.78, 5) is 0. The largest absolute Gasteiger partial charge is 0.496 e. The van der Waals surface area contributed by atoms with Gasteiger partial charge in [-0.2, -0.15) is 0 Å². The fraction of sp³-hybridized carbons (Fsp3) is 0.368. The van der Waals surface area contributed by atoms with Crippen molar-refractivity contribution >= 4 is 0 Å². The number of nitrogens with one attached hydrogen (secondary N) is 1. The molecule has 1 heterocycles. The predicted octanol–water partition coefficient (Wildman–Crippen LogP) is 3.87. The van der Waals surface area contributed by atoms with Crippen molar-refractivity contribution in [3.63, 3.8) is 0 Å². The summed E-state index contributed by atoms with van der Waals surface area (Å²) in [6, 6.07) is 14.9. The minimum absolute atomic E-state index is 0.333. The molecule has 0 saturated heterocycles. The van der Waals surface area contributed by atoms with Crippen LogP contribution in [-0.4, -0.2) is 13.7 Å². The highest BCUT2D eigenvalue weighted by Gasteiger charge is 2.22. The molecule has 0 amide bonds. The molecule has 3 heteroatoms. The van der Waals surface area contributed by atoms with E-state index >= 15 is 0 Å². The van der Waals surface area contributed by atoms with Gasteiger partial charge in [0.25, 0.3) is 0 Å². The highest BCUT2D eigenvalue weighted by Crippen LogP contribution is 2.35. The molecular weight excluding hydrogens is 274 g/mol. The first-order valence-corrected chi connectivity index (χ1v) is 7.93. The molecule has 2 aromatic rings. The predicted molar refractivity (Wildman–Crippen MR) is 88.5 cm³/mol. The van der Waals surface area contributed by atoms with Crippen molar-refractivity contribution in [3.05, 3.63) is 59.2 Å². The minimum Gasteiger partial charge on any atom is -0.496 e. The van der Waals surface area contributed by atoms with E-state index in [1.54, 1.807) is 7.11 Å². The summed E-state index contributed by atoms with van der Waals surface area (Å²) >= 11 is 0.